The average Bonchev–Trinajstić information content (AvgIpc) is 2.65. The third-order valence-corrected chi connectivity index (χ3v) is 5.03. The van der Waals surface area contributed by atoms with E-state index < -0.39 is 0 Å². The summed E-state index contributed by atoms with van der Waals surface area (Å²) in [4.78, 5) is 13.6. The fourth-order valence-electron chi connectivity index (χ4n) is 3.54. The molecule has 128 valence electrons. The fourth-order valence-corrected chi connectivity index (χ4v) is 3.54. The summed E-state index contributed by atoms with van der Waals surface area (Å²) in [6.45, 7) is 8.47. The third kappa shape index (κ3) is 4.05. The molecule has 0 aliphatic carbocycles. The minimum atomic E-state index is 0.785. The fraction of sp³-hybridized carbons (Fsp3) is 0.500. The summed E-state index contributed by atoms with van der Waals surface area (Å²) in [5.74, 6) is 2.90. The molecular weight excluding hydrogens is 296 g/mol. The topological polar surface area (TPSA) is 32.3 Å². The molecule has 1 aromatic heterocycles. The molecule has 1 aliphatic rings. The quantitative estimate of drug-likeness (QED) is 0.809. The Kier molecular flexibility index (Phi) is 5.68. The number of rotatable bonds is 6. The van der Waals surface area contributed by atoms with Crippen molar-refractivity contribution in [1.82, 2.24) is 9.97 Å². The van der Waals surface area contributed by atoms with E-state index >= 15 is 0 Å². The third-order valence-electron chi connectivity index (χ3n) is 5.03. The van der Waals surface area contributed by atoms with Crippen LogP contribution in [0.4, 0.5) is 11.6 Å². The Balaban J connectivity index is 1.59. The number of nitrogens with zero attached hydrogens (tertiary/aromatic N) is 4. The van der Waals surface area contributed by atoms with Crippen molar-refractivity contribution in [2.75, 3.05) is 36.0 Å². The number of piperidine rings is 1. The Morgan fingerprint density at radius 1 is 1.04 bits per heavy atom. The van der Waals surface area contributed by atoms with Crippen LogP contribution in [0.5, 0.6) is 0 Å². The second kappa shape index (κ2) is 8.13. The van der Waals surface area contributed by atoms with Crippen LogP contribution in [0.2, 0.25) is 0 Å². The molecule has 1 saturated heterocycles. The minimum absolute atomic E-state index is 0.785. The molecular formula is C20H28N4. The Hall–Kier alpha value is -2.10. The maximum Gasteiger partial charge on any atom is 0.134 e. The normalized spacial score (nSPS) is 15.5. The molecule has 2 aromatic rings. The first-order valence-corrected chi connectivity index (χ1v) is 9.16. The van der Waals surface area contributed by atoms with Gasteiger partial charge in [0.15, 0.2) is 0 Å². The van der Waals surface area contributed by atoms with Crippen LogP contribution in [0.15, 0.2) is 42.7 Å². The lowest BCUT2D eigenvalue weighted by atomic mass is 9.90. The molecule has 0 N–H and O–H groups in total. The molecule has 0 amide bonds. The number of anilines is 2. The van der Waals surface area contributed by atoms with Crippen molar-refractivity contribution < 1.29 is 0 Å². The monoisotopic (exact) mass is 324 g/mol. The van der Waals surface area contributed by atoms with Gasteiger partial charge in [0.05, 0.1) is 0 Å². The summed E-state index contributed by atoms with van der Waals surface area (Å²) < 4.78 is 0. The molecule has 0 saturated carbocycles. The second-order valence-electron chi connectivity index (χ2n) is 6.53. The molecule has 0 bridgehead atoms. The Morgan fingerprint density at radius 2 is 1.75 bits per heavy atom. The van der Waals surface area contributed by atoms with E-state index in [2.05, 4.69) is 70.0 Å². The van der Waals surface area contributed by atoms with Gasteiger partial charge in [0.1, 0.15) is 18.0 Å². The summed E-state index contributed by atoms with van der Waals surface area (Å²) in [5.41, 5.74) is 1.46. The predicted octanol–water partition coefficient (Wildman–Crippen LogP) is 3.78. The maximum absolute atomic E-state index is 4.51. The van der Waals surface area contributed by atoms with Crippen LogP contribution >= 0.6 is 0 Å². The van der Waals surface area contributed by atoms with Crippen molar-refractivity contribution in [3.63, 3.8) is 0 Å². The molecule has 1 aromatic carbocycles. The van der Waals surface area contributed by atoms with Crippen LogP contribution in [0.3, 0.4) is 0 Å². The zero-order valence-electron chi connectivity index (χ0n) is 14.9. The van der Waals surface area contributed by atoms with Crippen molar-refractivity contribution in [2.45, 2.75) is 33.1 Å². The van der Waals surface area contributed by atoms with Crippen molar-refractivity contribution in [3.8, 4) is 0 Å². The van der Waals surface area contributed by atoms with E-state index in [1.807, 2.05) is 0 Å². The molecule has 0 unspecified atom stereocenters. The van der Waals surface area contributed by atoms with Crippen LogP contribution in [0.25, 0.3) is 0 Å². The van der Waals surface area contributed by atoms with Gasteiger partial charge in [0.2, 0.25) is 0 Å². The van der Waals surface area contributed by atoms with Gasteiger partial charge in [-0.2, -0.15) is 0 Å². The van der Waals surface area contributed by atoms with Crippen molar-refractivity contribution in [2.24, 2.45) is 5.92 Å². The van der Waals surface area contributed by atoms with Crippen LogP contribution in [0.1, 0.15) is 32.3 Å². The summed E-state index contributed by atoms with van der Waals surface area (Å²) in [7, 11) is 0. The highest BCUT2D eigenvalue weighted by molar-refractivity contribution is 5.50. The lowest BCUT2D eigenvalue weighted by molar-refractivity contribution is 0.402. The number of hydrogen-bond donors (Lipinski definition) is 0. The van der Waals surface area contributed by atoms with Crippen LogP contribution < -0.4 is 9.80 Å². The van der Waals surface area contributed by atoms with E-state index in [0.717, 1.165) is 43.7 Å². The smallest absolute Gasteiger partial charge is 0.134 e. The van der Waals surface area contributed by atoms with Crippen molar-refractivity contribution >= 4 is 11.6 Å². The molecule has 0 spiro atoms. The van der Waals surface area contributed by atoms with Crippen LogP contribution in [0, 0.1) is 5.92 Å². The highest BCUT2D eigenvalue weighted by Crippen LogP contribution is 2.26. The SMILES string of the molecule is CCN(CC)c1cc(N2CCC(Cc3ccccc3)CC2)ncn1. The first kappa shape index (κ1) is 16.7. The number of hydrogen-bond acceptors (Lipinski definition) is 4. The standard InChI is InChI=1S/C20H28N4/c1-3-23(4-2)19-15-20(22-16-21-19)24-12-10-18(11-13-24)14-17-8-6-5-7-9-17/h5-9,15-16,18H,3-4,10-14H2,1-2H3. The second-order valence-corrected chi connectivity index (χ2v) is 6.53. The van der Waals surface area contributed by atoms with E-state index in [1.165, 1.54) is 24.8 Å². The zero-order chi connectivity index (χ0) is 16.8. The van der Waals surface area contributed by atoms with Gasteiger partial charge in [-0.15, -0.1) is 0 Å². The van der Waals surface area contributed by atoms with Gasteiger partial charge in [-0.05, 0) is 44.6 Å². The van der Waals surface area contributed by atoms with Crippen molar-refractivity contribution in [1.29, 1.82) is 0 Å². The lowest BCUT2D eigenvalue weighted by Gasteiger charge is -2.33. The molecule has 1 fully saturated rings. The Bertz CT molecular complexity index is 617. The van der Waals surface area contributed by atoms with Gasteiger partial charge in [-0.1, -0.05) is 30.3 Å². The molecule has 3 rings (SSSR count). The maximum atomic E-state index is 4.51. The summed E-state index contributed by atoms with van der Waals surface area (Å²) >= 11 is 0. The molecule has 0 atom stereocenters. The van der Waals surface area contributed by atoms with E-state index in [1.54, 1.807) is 6.33 Å². The Morgan fingerprint density at radius 3 is 2.42 bits per heavy atom. The van der Waals surface area contributed by atoms with Gasteiger partial charge >= 0.3 is 0 Å². The molecule has 1 aliphatic heterocycles. The predicted molar refractivity (Wildman–Crippen MR) is 101 cm³/mol. The van der Waals surface area contributed by atoms with Gasteiger partial charge in [-0.25, -0.2) is 9.97 Å². The van der Waals surface area contributed by atoms with E-state index in [0.29, 0.717) is 0 Å². The van der Waals surface area contributed by atoms with E-state index in [-0.39, 0.29) is 0 Å². The number of aromatic nitrogens is 2. The summed E-state index contributed by atoms with van der Waals surface area (Å²) in [5, 5.41) is 0. The summed E-state index contributed by atoms with van der Waals surface area (Å²) in [6.07, 6.45) is 5.38. The van der Waals surface area contributed by atoms with Gasteiger partial charge in [0.25, 0.3) is 0 Å². The first-order chi connectivity index (χ1) is 11.8. The molecule has 4 nitrogen and oxygen atoms in total. The molecule has 2 heterocycles. The highest BCUT2D eigenvalue weighted by atomic mass is 15.2. The number of benzene rings is 1. The first-order valence-electron chi connectivity index (χ1n) is 9.16. The van der Waals surface area contributed by atoms with E-state index in [4.69, 9.17) is 0 Å². The zero-order valence-corrected chi connectivity index (χ0v) is 14.9. The highest BCUT2D eigenvalue weighted by Gasteiger charge is 2.21. The largest absolute Gasteiger partial charge is 0.357 e. The van der Waals surface area contributed by atoms with Gasteiger partial charge in [-0.3, -0.25) is 0 Å². The molecule has 0 radical (unpaired) electrons. The summed E-state index contributed by atoms with van der Waals surface area (Å²) in [6, 6.07) is 13.0. The van der Waals surface area contributed by atoms with Crippen molar-refractivity contribution in [3.05, 3.63) is 48.3 Å². The van der Waals surface area contributed by atoms with Crippen LogP contribution in [-0.4, -0.2) is 36.1 Å². The molecule has 24 heavy (non-hydrogen) atoms. The van der Waals surface area contributed by atoms with E-state index in [9.17, 15) is 0 Å². The lowest BCUT2D eigenvalue weighted by Crippen LogP contribution is -2.35. The van der Waals surface area contributed by atoms with Gasteiger partial charge in [0, 0.05) is 32.2 Å². The minimum Gasteiger partial charge on any atom is -0.357 e. The average molecular weight is 324 g/mol. The Labute approximate surface area is 145 Å². The van der Waals surface area contributed by atoms with Crippen LogP contribution in [-0.2, 0) is 6.42 Å². The van der Waals surface area contributed by atoms with Gasteiger partial charge < -0.3 is 9.80 Å². The molecule has 4 heteroatoms.